The standard InChI is InChI=1S/C25H26N6O.C24H26N6O.C23H24N6O.C22H22N6O/c1-15-10-19(18-6-8-29(9-7-18)20-4-5-20)14-30-24(32)12-21(27-25(15)30)22-11-23-17(3)26-16(2)13-31(23)28-22;1-5-28-8-6-18(7-9-28)19-10-15(2)24-26-20(12-23(31)29(24)14-19)21-11-22-17(4)25-16(3)13-30(22)27-21;1-14-9-18(17-5-7-27(4)8-6-17)13-28-22(30)11-19(25-23(14)28)20-10-21-16(3)24-15(2)12-29(21)26-20;1-14-12-28-20(15(2)23-14)10-19(25-28)18-11-22(29)27-13-17(4-5-21(27)24-18)16-6-8-26(3)9-7-16/h6,10-14,20H,4-5,7-9H2,1-3H3;6,10-14H,5,7-9H2,1-4H3;5,9-13H,6-8H2,1-4H3;4-6,10-13H,7-9H2,1-3H3. The van der Waals surface area contributed by atoms with E-state index in [1.165, 1.54) is 35.1 Å². The molecular formula is C94H98N24O4. The van der Waals surface area contributed by atoms with Gasteiger partial charge in [0, 0.05) is 107 Å². The molecule has 1 saturated carbocycles. The third-order valence-electron chi connectivity index (χ3n) is 23.9. The number of likely N-dealkylation sites (N-methyl/N-ethyl adjacent to an activating group) is 3. The second-order valence-corrected chi connectivity index (χ2v) is 33.3. The molecule has 1 fully saturated rings. The van der Waals surface area contributed by atoms with E-state index in [2.05, 4.69) is 123 Å². The predicted molar refractivity (Wildman–Crippen MR) is 478 cm³/mol. The van der Waals surface area contributed by atoms with E-state index in [1.54, 1.807) is 50.9 Å². The molecule has 5 aliphatic rings. The predicted octanol–water partition coefficient (Wildman–Crippen LogP) is 12.8. The summed E-state index contributed by atoms with van der Waals surface area (Å²) in [5.74, 6) is 0. The number of aromatic nitrogens is 20. The lowest BCUT2D eigenvalue weighted by molar-refractivity contribution is 0.291. The van der Waals surface area contributed by atoms with Gasteiger partial charge in [0.25, 0.3) is 22.2 Å². The van der Waals surface area contributed by atoms with Crippen molar-refractivity contribution < 1.29 is 0 Å². The molecular weight excluding hydrogens is 1530 g/mol. The fourth-order valence-electron chi connectivity index (χ4n) is 17.2. The van der Waals surface area contributed by atoms with Gasteiger partial charge < -0.3 is 9.80 Å². The van der Waals surface area contributed by atoms with Crippen LogP contribution in [0.2, 0.25) is 0 Å². The number of rotatable bonds is 10. The number of aryl methyl sites for hydroxylation is 11. The summed E-state index contributed by atoms with van der Waals surface area (Å²) in [6.07, 6.45) is 30.9. The van der Waals surface area contributed by atoms with Crippen LogP contribution < -0.4 is 22.2 Å². The van der Waals surface area contributed by atoms with E-state index in [9.17, 15) is 19.2 Å². The van der Waals surface area contributed by atoms with Gasteiger partial charge in [-0.1, -0.05) is 31.2 Å². The van der Waals surface area contributed by atoms with E-state index in [1.807, 2.05) is 171 Å². The van der Waals surface area contributed by atoms with Crippen LogP contribution in [-0.4, -0.2) is 195 Å². The van der Waals surface area contributed by atoms with Crippen molar-refractivity contribution in [2.24, 2.45) is 0 Å². The molecule has 28 nitrogen and oxygen atoms in total. The van der Waals surface area contributed by atoms with E-state index in [0.717, 1.165) is 197 Å². The van der Waals surface area contributed by atoms with Crippen molar-refractivity contribution in [2.45, 2.75) is 128 Å². The quantitative estimate of drug-likeness (QED) is 0.123. The summed E-state index contributed by atoms with van der Waals surface area (Å²) >= 11 is 0. The number of hydrogen-bond donors (Lipinski definition) is 0. The first-order valence-electron chi connectivity index (χ1n) is 41.9. The number of fused-ring (bicyclic) bond motifs is 8. The maximum Gasteiger partial charge on any atom is 0.258 e. The lowest BCUT2D eigenvalue weighted by Gasteiger charge is -2.26. The highest BCUT2D eigenvalue weighted by atomic mass is 16.1. The molecule has 0 N–H and O–H groups in total. The molecule has 28 heteroatoms. The fourth-order valence-corrected chi connectivity index (χ4v) is 17.2. The molecule has 0 amide bonds. The average Bonchev–Trinajstić information content (AvgIpc) is 1.34. The molecule has 0 saturated heterocycles. The average molecular weight is 1630 g/mol. The van der Waals surface area contributed by atoms with Crippen LogP contribution in [0, 0.1) is 76.2 Å². The van der Waals surface area contributed by atoms with Crippen LogP contribution in [0.1, 0.15) is 130 Å². The van der Waals surface area contributed by atoms with E-state index >= 15 is 0 Å². The summed E-state index contributed by atoms with van der Waals surface area (Å²) in [6.45, 7) is 32.9. The molecule has 16 aromatic rings. The van der Waals surface area contributed by atoms with Crippen molar-refractivity contribution in [1.29, 1.82) is 0 Å². The Kier molecular flexibility index (Phi) is 21.2. The molecule has 0 atom stereocenters. The van der Waals surface area contributed by atoms with Gasteiger partial charge in [-0.3, -0.25) is 66.5 Å². The number of hydrogen-bond acceptors (Lipinski definition) is 20. The topological polar surface area (TPSA) is 271 Å². The summed E-state index contributed by atoms with van der Waals surface area (Å²) in [6, 6.07) is 25.2. The van der Waals surface area contributed by atoms with Crippen molar-refractivity contribution in [3.63, 3.8) is 0 Å². The lowest BCUT2D eigenvalue weighted by Crippen LogP contribution is -2.30. The number of nitrogens with zero attached hydrogens (tertiary/aromatic N) is 24. The Labute approximate surface area is 703 Å². The van der Waals surface area contributed by atoms with Gasteiger partial charge in [0.15, 0.2) is 0 Å². The lowest BCUT2D eigenvalue weighted by atomic mass is 9.99. The smallest absolute Gasteiger partial charge is 0.258 e. The van der Waals surface area contributed by atoms with Crippen LogP contribution >= 0.6 is 0 Å². The van der Waals surface area contributed by atoms with Gasteiger partial charge in [-0.2, -0.15) is 20.4 Å². The Balaban J connectivity index is 0.000000111. The second-order valence-electron chi connectivity index (χ2n) is 33.3. The Bertz CT molecular complexity index is 7360. The highest BCUT2D eigenvalue weighted by molar-refractivity contribution is 5.76. The van der Waals surface area contributed by atoms with Crippen molar-refractivity contribution in [2.75, 3.05) is 73.0 Å². The maximum absolute atomic E-state index is 13.1. The molecule has 618 valence electrons. The first-order chi connectivity index (χ1) is 58.7. The zero-order chi connectivity index (χ0) is 84.8. The third kappa shape index (κ3) is 16.0. The normalized spacial score (nSPS) is 15.7. The highest BCUT2D eigenvalue weighted by Gasteiger charge is 2.30. The SMILES string of the molecule is CCN1CC=C(c2cc(C)c3nc(-c4cc5c(C)nc(C)cn5n4)cc(=O)n3c2)CC1.Cc1cn2nc(-c3cc(=O)n4cc(C5=CCN(C)CC5)cc(C)c4n3)cc2c(C)n1.Cc1cn2nc(-c3cc(=O)n4cc(C5=CCN(C)CC5)ccc4n3)cc2c(C)n1.Cc1cn2nc(-c3cc(=O)n4cc(C5=CCN(C6CC6)CC5)cc(C)c4n3)cc2c(C)n1. The van der Waals surface area contributed by atoms with Crippen LogP contribution in [0.4, 0.5) is 0 Å². The minimum Gasteiger partial charge on any atom is -0.302 e. The minimum absolute atomic E-state index is 0.0888. The molecule has 21 rings (SSSR count). The van der Waals surface area contributed by atoms with E-state index in [-0.39, 0.29) is 22.2 Å². The van der Waals surface area contributed by atoms with Gasteiger partial charge in [0.1, 0.15) is 45.4 Å². The molecule has 4 aliphatic heterocycles. The zero-order valence-corrected chi connectivity index (χ0v) is 71.5. The van der Waals surface area contributed by atoms with Crippen LogP contribution in [-0.2, 0) is 0 Å². The first-order valence-corrected chi connectivity index (χ1v) is 41.9. The summed E-state index contributed by atoms with van der Waals surface area (Å²) in [5, 5.41) is 18.5. The summed E-state index contributed by atoms with van der Waals surface area (Å²) in [4.78, 5) is 98.6. The first kappa shape index (κ1) is 79.8. The van der Waals surface area contributed by atoms with E-state index in [0.29, 0.717) is 68.1 Å². The molecule has 0 aromatic carbocycles. The van der Waals surface area contributed by atoms with Gasteiger partial charge >= 0.3 is 0 Å². The molecule has 1 aliphatic carbocycles. The highest BCUT2D eigenvalue weighted by Crippen LogP contribution is 2.34. The van der Waals surface area contributed by atoms with Crippen LogP contribution in [0.3, 0.4) is 0 Å². The second kappa shape index (κ2) is 32.4. The summed E-state index contributed by atoms with van der Waals surface area (Å²) < 4.78 is 13.8. The largest absolute Gasteiger partial charge is 0.302 e. The number of pyridine rings is 4. The Hall–Kier alpha value is -13.3. The summed E-state index contributed by atoms with van der Waals surface area (Å²) in [7, 11) is 4.23. The summed E-state index contributed by atoms with van der Waals surface area (Å²) in [5.41, 5.74) is 30.6. The Morgan fingerprint density at radius 3 is 0.984 bits per heavy atom. The third-order valence-corrected chi connectivity index (χ3v) is 23.9. The Morgan fingerprint density at radius 1 is 0.328 bits per heavy atom. The molecule has 16 aromatic heterocycles. The van der Waals surface area contributed by atoms with Crippen LogP contribution in [0.15, 0.2) is 172 Å². The zero-order valence-electron chi connectivity index (χ0n) is 71.5. The molecule has 0 spiro atoms. The minimum atomic E-state index is -0.108. The van der Waals surface area contributed by atoms with E-state index < -0.39 is 0 Å². The molecule has 20 heterocycles. The fraction of sp³-hybridized carbons (Fsp3) is 0.319. The van der Waals surface area contributed by atoms with Gasteiger partial charge in [-0.25, -0.2) is 38.0 Å². The van der Waals surface area contributed by atoms with E-state index in [4.69, 9.17) is 19.9 Å². The van der Waals surface area contributed by atoms with Crippen molar-refractivity contribution in [1.82, 2.24) is 116 Å². The van der Waals surface area contributed by atoms with Gasteiger partial charge in [0.2, 0.25) is 0 Å². The molecule has 122 heavy (non-hydrogen) atoms. The van der Waals surface area contributed by atoms with Crippen molar-refractivity contribution >= 4 is 66.9 Å². The monoisotopic (exact) mass is 1630 g/mol. The Morgan fingerprint density at radius 2 is 0.656 bits per heavy atom. The van der Waals surface area contributed by atoms with Gasteiger partial charge in [0.05, 0.1) is 115 Å². The van der Waals surface area contributed by atoms with Crippen LogP contribution in [0.25, 0.3) is 112 Å². The molecule has 0 radical (unpaired) electrons. The van der Waals surface area contributed by atoms with Crippen molar-refractivity contribution in [3.8, 4) is 45.6 Å². The van der Waals surface area contributed by atoms with Crippen molar-refractivity contribution in [3.05, 3.63) is 279 Å². The van der Waals surface area contributed by atoms with Gasteiger partial charge in [-0.15, -0.1) is 0 Å². The molecule has 0 unspecified atom stereocenters. The van der Waals surface area contributed by atoms with Gasteiger partial charge in [-0.05, 0) is 251 Å². The molecule has 0 bridgehead atoms. The van der Waals surface area contributed by atoms with Crippen LogP contribution in [0.5, 0.6) is 0 Å². The maximum atomic E-state index is 13.1.